The largest absolute Gasteiger partial charge is 0.388 e. The molecule has 0 unspecified atom stereocenters. The fourth-order valence-electron chi connectivity index (χ4n) is 6.59. The molecule has 5 rings (SSSR count). The van der Waals surface area contributed by atoms with E-state index in [1.807, 2.05) is 24.3 Å². The number of carbonyl (C=O) groups excluding carboxylic acids is 3. The summed E-state index contributed by atoms with van der Waals surface area (Å²) in [4.78, 5) is 43.3. The second-order valence-electron chi connectivity index (χ2n) is 11.3. The van der Waals surface area contributed by atoms with Crippen molar-refractivity contribution in [1.82, 2.24) is 15.1 Å². The second-order valence-corrected chi connectivity index (χ2v) is 11.3. The Kier molecular flexibility index (Phi) is 7.47. The molecule has 8 heteroatoms. The predicted octanol–water partition coefficient (Wildman–Crippen LogP) is 2.10. The predicted molar refractivity (Wildman–Crippen MR) is 135 cm³/mol. The van der Waals surface area contributed by atoms with Crippen LogP contribution in [-0.4, -0.2) is 89.1 Å². The number of aliphatic hydroxyl groups is 1. The minimum absolute atomic E-state index is 0.0282. The smallest absolute Gasteiger partial charge is 0.251 e. The molecule has 4 aliphatic rings. The number of Topliss-reactive ketones (excluding diaryl/α,β-unsaturated/α-hetero) is 1. The first-order valence-corrected chi connectivity index (χ1v) is 13.6. The van der Waals surface area contributed by atoms with Gasteiger partial charge in [0.25, 0.3) is 5.91 Å². The third-order valence-corrected chi connectivity index (χ3v) is 8.77. The molecular formula is C28H39N3O5. The summed E-state index contributed by atoms with van der Waals surface area (Å²) >= 11 is 0. The van der Waals surface area contributed by atoms with Crippen LogP contribution in [0.25, 0.3) is 0 Å². The molecule has 0 aromatic heterocycles. The summed E-state index contributed by atoms with van der Waals surface area (Å²) in [7, 11) is 0. The van der Waals surface area contributed by atoms with Crippen molar-refractivity contribution in [2.24, 2.45) is 5.92 Å². The zero-order valence-corrected chi connectivity index (χ0v) is 21.4. The first-order chi connectivity index (χ1) is 17.3. The number of ketones is 1. The van der Waals surface area contributed by atoms with E-state index in [2.05, 4.69) is 24.1 Å². The van der Waals surface area contributed by atoms with E-state index in [1.54, 1.807) is 0 Å². The molecule has 2 amide bonds. The van der Waals surface area contributed by atoms with Crippen molar-refractivity contribution in [3.63, 3.8) is 0 Å². The van der Waals surface area contributed by atoms with Gasteiger partial charge in [0.05, 0.1) is 6.54 Å². The highest BCUT2D eigenvalue weighted by atomic mass is 16.5. The number of nitrogens with one attached hydrogen (secondary N) is 1. The number of carbonyl (C=O) groups is 3. The van der Waals surface area contributed by atoms with Gasteiger partial charge >= 0.3 is 0 Å². The van der Waals surface area contributed by atoms with E-state index in [1.165, 1.54) is 10.5 Å². The number of aliphatic hydroxyl groups excluding tert-OH is 1. The number of ether oxygens (including phenoxy) is 1. The van der Waals surface area contributed by atoms with Gasteiger partial charge in [0.2, 0.25) is 5.91 Å². The fourth-order valence-corrected chi connectivity index (χ4v) is 6.59. The standard InChI is InChI=1S/C28H39N3O5/c1-17(2)30-13-11-19(12-14-30)18-7-9-21(10-8-18)27(34)29-24(20-5-3-4-6-20)28(35)31-15-22(32)26-25(31)23(33)16-36-26/h7-10,17,19-20,22,24-26,32H,3-6,11-16H2,1-2H3,(H,29,34)/t22-,24+,25-,26-/m1/s1. The number of piperidine rings is 1. The lowest BCUT2D eigenvalue weighted by Crippen LogP contribution is -2.54. The average molecular weight is 498 g/mol. The Labute approximate surface area is 213 Å². The number of fused-ring (bicyclic) bond motifs is 1. The van der Waals surface area contributed by atoms with E-state index in [0.29, 0.717) is 17.5 Å². The number of hydrogen-bond acceptors (Lipinski definition) is 6. The van der Waals surface area contributed by atoms with Crippen molar-refractivity contribution in [3.8, 4) is 0 Å². The quantitative estimate of drug-likeness (QED) is 0.625. The van der Waals surface area contributed by atoms with Crippen LogP contribution in [0.2, 0.25) is 0 Å². The Morgan fingerprint density at radius 1 is 1.06 bits per heavy atom. The summed E-state index contributed by atoms with van der Waals surface area (Å²) in [6.45, 7) is 6.64. The SMILES string of the molecule is CC(C)N1CCC(c2ccc(C(=O)N[C@H](C(=O)N3C[C@@H](O)[C@H]4OCC(=O)[C@H]43)C3CCCC3)cc2)CC1. The van der Waals surface area contributed by atoms with E-state index in [-0.39, 0.29) is 36.7 Å². The van der Waals surface area contributed by atoms with Gasteiger partial charge in [0, 0.05) is 11.6 Å². The van der Waals surface area contributed by atoms with Crippen LogP contribution in [0.5, 0.6) is 0 Å². The van der Waals surface area contributed by atoms with Gasteiger partial charge in [-0.05, 0) is 82.2 Å². The molecule has 1 aliphatic carbocycles. The highest BCUT2D eigenvalue weighted by molar-refractivity contribution is 5.99. The van der Waals surface area contributed by atoms with Gasteiger partial charge in [-0.15, -0.1) is 0 Å². The van der Waals surface area contributed by atoms with Crippen LogP contribution in [0.1, 0.15) is 74.2 Å². The third-order valence-electron chi connectivity index (χ3n) is 8.77. The van der Waals surface area contributed by atoms with Crippen LogP contribution in [0.15, 0.2) is 24.3 Å². The van der Waals surface area contributed by atoms with Gasteiger partial charge in [-0.3, -0.25) is 14.4 Å². The molecular weight excluding hydrogens is 458 g/mol. The van der Waals surface area contributed by atoms with Gasteiger partial charge < -0.3 is 25.0 Å². The molecule has 0 bridgehead atoms. The zero-order valence-electron chi connectivity index (χ0n) is 21.4. The van der Waals surface area contributed by atoms with Crippen molar-refractivity contribution < 1.29 is 24.2 Å². The van der Waals surface area contributed by atoms with E-state index in [9.17, 15) is 19.5 Å². The van der Waals surface area contributed by atoms with Crippen LogP contribution in [-0.2, 0) is 14.3 Å². The molecule has 0 spiro atoms. The lowest BCUT2D eigenvalue weighted by molar-refractivity contribution is -0.139. The minimum atomic E-state index is -0.884. The number of hydrogen-bond donors (Lipinski definition) is 2. The van der Waals surface area contributed by atoms with E-state index in [0.717, 1.165) is 51.6 Å². The Bertz CT molecular complexity index is 966. The maximum absolute atomic E-state index is 13.7. The average Bonchev–Trinajstić information content (AvgIpc) is 3.62. The van der Waals surface area contributed by atoms with Gasteiger partial charge in [0.15, 0.2) is 5.78 Å². The summed E-state index contributed by atoms with van der Waals surface area (Å²) in [5.74, 6) is -0.205. The van der Waals surface area contributed by atoms with Crippen LogP contribution in [0.4, 0.5) is 0 Å². The van der Waals surface area contributed by atoms with Crippen molar-refractivity contribution in [2.75, 3.05) is 26.2 Å². The van der Waals surface area contributed by atoms with Gasteiger partial charge in [0.1, 0.15) is 30.9 Å². The Morgan fingerprint density at radius 3 is 2.36 bits per heavy atom. The lowest BCUT2D eigenvalue weighted by Gasteiger charge is -2.34. The van der Waals surface area contributed by atoms with E-state index >= 15 is 0 Å². The maximum atomic E-state index is 13.7. The summed E-state index contributed by atoms with van der Waals surface area (Å²) in [5, 5.41) is 13.4. The molecule has 1 aromatic carbocycles. The summed E-state index contributed by atoms with van der Waals surface area (Å²) in [5.41, 5.74) is 1.80. The van der Waals surface area contributed by atoms with E-state index in [4.69, 9.17) is 4.74 Å². The van der Waals surface area contributed by atoms with Crippen LogP contribution in [0.3, 0.4) is 0 Å². The number of amides is 2. The lowest BCUT2D eigenvalue weighted by atomic mass is 9.88. The third kappa shape index (κ3) is 4.95. The molecule has 4 atom stereocenters. The molecule has 0 radical (unpaired) electrons. The normalized spacial score (nSPS) is 28.6. The zero-order chi connectivity index (χ0) is 25.4. The molecule has 4 fully saturated rings. The molecule has 2 N–H and O–H groups in total. The Hall–Kier alpha value is -2.29. The van der Waals surface area contributed by atoms with Crippen molar-refractivity contribution in [2.45, 2.75) is 88.6 Å². The van der Waals surface area contributed by atoms with E-state index < -0.39 is 24.3 Å². The summed E-state index contributed by atoms with van der Waals surface area (Å²) in [6, 6.07) is 6.93. The number of β-amino-alcohol motifs (C(OH)–C–C–N with tert-alkyl or cyclic N) is 1. The summed E-state index contributed by atoms with van der Waals surface area (Å²) < 4.78 is 5.43. The van der Waals surface area contributed by atoms with Gasteiger partial charge in [-0.25, -0.2) is 0 Å². The topological polar surface area (TPSA) is 99.2 Å². The van der Waals surface area contributed by atoms with Gasteiger partial charge in [-0.2, -0.15) is 0 Å². The fraction of sp³-hybridized carbons (Fsp3) is 0.679. The monoisotopic (exact) mass is 497 g/mol. The first-order valence-electron chi connectivity index (χ1n) is 13.6. The molecule has 3 heterocycles. The number of nitrogens with zero attached hydrogens (tertiary/aromatic N) is 2. The Morgan fingerprint density at radius 2 is 1.72 bits per heavy atom. The number of likely N-dealkylation sites (tertiary alicyclic amines) is 2. The van der Waals surface area contributed by atoms with Crippen LogP contribution in [0, 0.1) is 5.92 Å². The summed E-state index contributed by atoms with van der Waals surface area (Å²) in [6.07, 6.45) is 4.45. The van der Waals surface area contributed by atoms with Crippen molar-refractivity contribution >= 4 is 17.6 Å². The number of benzene rings is 1. The highest BCUT2D eigenvalue weighted by Gasteiger charge is 2.53. The van der Waals surface area contributed by atoms with Gasteiger partial charge in [-0.1, -0.05) is 25.0 Å². The molecule has 8 nitrogen and oxygen atoms in total. The molecule has 196 valence electrons. The second kappa shape index (κ2) is 10.6. The van der Waals surface area contributed by atoms with Crippen molar-refractivity contribution in [3.05, 3.63) is 35.4 Å². The molecule has 1 aromatic rings. The first kappa shape index (κ1) is 25.4. The Balaban J connectivity index is 1.27. The molecule has 3 saturated heterocycles. The molecule has 3 aliphatic heterocycles. The number of rotatable bonds is 6. The minimum Gasteiger partial charge on any atom is -0.388 e. The highest BCUT2D eigenvalue weighted by Crippen LogP contribution is 2.33. The van der Waals surface area contributed by atoms with Crippen LogP contribution < -0.4 is 5.32 Å². The van der Waals surface area contributed by atoms with Crippen molar-refractivity contribution in [1.29, 1.82) is 0 Å². The molecule has 1 saturated carbocycles. The van der Waals surface area contributed by atoms with Crippen LogP contribution >= 0.6 is 0 Å². The molecule has 36 heavy (non-hydrogen) atoms. The maximum Gasteiger partial charge on any atom is 0.251 e.